The number of carbonyl (C=O) groups excluding carboxylic acids is 1. The van der Waals surface area contributed by atoms with Crippen molar-refractivity contribution in [1.29, 1.82) is 0 Å². The number of morpholine rings is 1. The summed E-state index contributed by atoms with van der Waals surface area (Å²) < 4.78 is 7.09. The molecule has 2 aliphatic rings. The predicted octanol–water partition coefficient (Wildman–Crippen LogP) is 0.646. The van der Waals surface area contributed by atoms with Crippen LogP contribution < -0.4 is 15.1 Å². The molecular weight excluding hydrogens is 396 g/mol. The lowest BCUT2D eigenvalue weighted by atomic mass is 9.99. The van der Waals surface area contributed by atoms with Gasteiger partial charge in [0.05, 0.1) is 19.1 Å². The molecule has 2 saturated heterocycles. The highest BCUT2D eigenvalue weighted by molar-refractivity contribution is 5.81. The summed E-state index contributed by atoms with van der Waals surface area (Å²) in [7, 11) is 0. The maximum atomic E-state index is 12.6. The van der Waals surface area contributed by atoms with Gasteiger partial charge in [0.15, 0.2) is 5.82 Å². The fourth-order valence-electron chi connectivity index (χ4n) is 3.74. The first-order valence-corrected chi connectivity index (χ1v) is 10.4. The van der Waals surface area contributed by atoms with E-state index >= 15 is 0 Å². The molecule has 0 aliphatic carbocycles. The SMILES string of the molecule is O=C(NCc1ccnc(N2CCOCC2)c1)C1CN(c2cc(-n3cccn3)ncn2)C1. The van der Waals surface area contributed by atoms with Gasteiger partial charge in [-0.1, -0.05) is 0 Å². The number of anilines is 2. The van der Waals surface area contributed by atoms with Gasteiger partial charge in [-0.25, -0.2) is 19.6 Å². The van der Waals surface area contributed by atoms with Crippen LogP contribution in [0.2, 0.25) is 0 Å². The first kappa shape index (κ1) is 19.4. The van der Waals surface area contributed by atoms with Crippen molar-refractivity contribution in [2.45, 2.75) is 6.54 Å². The molecular formula is C21H24N8O2. The van der Waals surface area contributed by atoms with Crippen LogP contribution in [0.5, 0.6) is 0 Å². The zero-order valence-corrected chi connectivity index (χ0v) is 17.1. The van der Waals surface area contributed by atoms with Gasteiger partial charge in [-0.2, -0.15) is 5.10 Å². The van der Waals surface area contributed by atoms with Gasteiger partial charge in [0.1, 0.15) is 18.0 Å². The Labute approximate surface area is 179 Å². The van der Waals surface area contributed by atoms with E-state index in [9.17, 15) is 4.79 Å². The van der Waals surface area contributed by atoms with Gasteiger partial charge in [-0.15, -0.1) is 0 Å². The van der Waals surface area contributed by atoms with Crippen molar-refractivity contribution in [2.24, 2.45) is 5.92 Å². The summed E-state index contributed by atoms with van der Waals surface area (Å²) in [6.45, 7) is 4.88. The first-order valence-electron chi connectivity index (χ1n) is 10.4. The number of nitrogens with one attached hydrogen (secondary N) is 1. The summed E-state index contributed by atoms with van der Waals surface area (Å²) in [6.07, 6.45) is 6.86. The predicted molar refractivity (Wildman–Crippen MR) is 114 cm³/mol. The van der Waals surface area contributed by atoms with Crippen LogP contribution in [0.1, 0.15) is 5.56 Å². The number of hydrogen-bond acceptors (Lipinski definition) is 8. The molecule has 10 heteroatoms. The van der Waals surface area contributed by atoms with E-state index in [0.717, 1.165) is 43.5 Å². The Hall–Kier alpha value is -3.53. The molecule has 2 fully saturated rings. The van der Waals surface area contributed by atoms with Crippen LogP contribution in [0.15, 0.2) is 49.2 Å². The van der Waals surface area contributed by atoms with Gasteiger partial charge in [0.25, 0.3) is 0 Å². The molecule has 5 heterocycles. The Balaban J connectivity index is 1.13. The molecule has 0 saturated carbocycles. The molecule has 5 rings (SSSR count). The molecule has 2 aliphatic heterocycles. The van der Waals surface area contributed by atoms with Gasteiger partial charge in [0.2, 0.25) is 5.91 Å². The molecule has 3 aromatic rings. The lowest BCUT2D eigenvalue weighted by Crippen LogP contribution is -2.54. The number of carbonyl (C=O) groups is 1. The van der Waals surface area contributed by atoms with Crippen LogP contribution >= 0.6 is 0 Å². The van der Waals surface area contributed by atoms with Crippen molar-refractivity contribution in [2.75, 3.05) is 49.2 Å². The van der Waals surface area contributed by atoms with E-state index in [-0.39, 0.29) is 11.8 Å². The number of nitrogens with zero attached hydrogens (tertiary/aromatic N) is 7. The smallest absolute Gasteiger partial charge is 0.226 e. The molecule has 1 amide bonds. The third-order valence-electron chi connectivity index (χ3n) is 5.57. The van der Waals surface area contributed by atoms with E-state index in [1.54, 1.807) is 17.1 Å². The molecule has 0 bridgehead atoms. The van der Waals surface area contributed by atoms with Crippen molar-refractivity contribution in [3.05, 3.63) is 54.7 Å². The molecule has 0 aromatic carbocycles. The molecule has 0 unspecified atom stereocenters. The third-order valence-corrected chi connectivity index (χ3v) is 5.57. The highest BCUT2D eigenvalue weighted by Crippen LogP contribution is 2.24. The normalized spacial score (nSPS) is 16.8. The molecule has 0 atom stereocenters. The van der Waals surface area contributed by atoms with Crippen molar-refractivity contribution in [1.82, 2.24) is 30.0 Å². The number of rotatable bonds is 6. The second-order valence-corrected chi connectivity index (χ2v) is 7.63. The van der Waals surface area contributed by atoms with Crippen LogP contribution in [0.3, 0.4) is 0 Å². The third kappa shape index (κ3) is 4.33. The molecule has 31 heavy (non-hydrogen) atoms. The van der Waals surface area contributed by atoms with E-state index in [2.05, 4.69) is 35.2 Å². The number of ether oxygens (including phenoxy) is 1. The topological polar surface area (TPSA) is 101 Å². The zero-order valence-electron chi connectivity index (χ0n) is 17.1. The lowest BCUT2D eigenvalue weighted by molar-refractivity contribution is -0.125. The second kappa shape index (κ2) is 8.68. The fraction of sp³-hybridized carbons (Fsp3) is 0.381. The van der Waals surface area contributed by atoms with Crippen LogP contribution in [0, 0.1) is 5.92 Å². The van der Waals surface area contributed by atoms with Crippen molar-refractivity contribution in [3.8, 4) is 5.82 Å². The Morgan fingerprint density at radius 2 is 1.84 bits per heavy atom. The summed E-state index contributed by atoms with van der Waals surface area (Å²) in [5.41, 5.74) is 1.04. The Morgan fingerprint density at radius 1 is 1.03 bits per heavy atom. The molecule has 10 nitrogen and oxygen atoms in total. The Morgan fingerprint density at radius 3 is 2.65 bits per heavy atom. The number of amides is 1. The summed E-state index contributed by atoms with van der Waals surface area (Å²) in [4.78, 5) is 29.9. The number of hydrogen-bond donors (Lipinski definition) is 1. The minimum absolute atomic E-state index is 0.0522. The quantitative estimate of drug-likeness (QED) is 0.620. The van der Waals surface area contributed by atoms with Crippen molar-refractivity contribution >= 4 is 17.5 Å². The summed E-state index contributed by atoms with van der Waals surface area (Å²) >= 11 is 0. The average Bonchev–Trinajstić information content (AvgIpc) is 3.33. The summed E-state index contributed by atoms with van der Waals surface area (Å²) in [5.74, 6) is 2.44. The molecule has 1 N–H and O–H groups in total. The van der Waals surface area contributed by atoms with E-state index in [4.69, 9.17) is 4.74 Å². The highest BCUT2D eigenvalue weighted by atomic mass is 16.5. The van der Waals surface area contributed by atoms with Crippen LogP contribution in [0.4, 0.5) is 11.6 Å². The monoisotopic (exact) mass is 420 g/mol. The zero-order chi connectivity index (χ0) is 21.0. The van der Waals surface area contributed by atoms with E-state index in [0.29, 0.717) is 25.5 Å². The molecule has 0 radical (unpaired) electrons. The fourth-order valence-corrected chi connectivity index (χ4v) is 3.74. The van der Waals surface area contributed by atoms with E-state index < -0.39 is 0 Å². The van der Waals surface area contributed by atoms with Gasteiger partial charge in [-0.3, -0.25) is 4.79 Å². The number of pyridine rings is 1. The molecule has 160 valence electrons. The Bertz CT molecular complexity index is 1030. The number of aromatic nitrogens is 5. The maximum absolute atomic E-state index is 12.6. The van der Waals surface area contributed by atoms with Gasteiger partial charge < -0.3 is 19.9 Å². The maximum Gasteiger partial charge on any atom is 0.226 e. The van der Waals surface area contributed by atoms with Gasteiger partial charge in [-0.05, 0) is 23.8 Å². The van der Waals surface area contributed by atoms with Crippen LogP contribution in [-0.4, -0.2) is 70.0 Å². The van der Waals surface area contributed by atoms with Gasteiger partial charge in [0, 0.05) is 57.4 Å². The van der Waals surface area contributed by atoms with Crippen molar-refractivity contribution < 1.29 is 9.53 Å². The summed E-state index contributed by atoms with van der Waals surface area (Å²) in [5, 5.41) is 7.25. The standard InChI is InChI=1S/C21H24N8O2/c30-21(23-12-16-2-4-22-18(10-16)27-6-8-31-9-7-27)17-13-28(14-17)19-11-20(25-15-24-19)29-5-1-3-26-29/h1-5,10-11,15,17H,6-9,12-14H2,(H,23,30). The highest BCUT2D eigenvalue weighted by Gasteiger charge is 2.33. The van der Waals surface area contributed by atoms with Crippen LogP contribution in [0.25, 0.3) is 5.82 Å². The Kier molecular flexibility index (Phi) is 5.44. The van der Waals surface area contributed by atoms with Crippen molar-refractivity contribution in [3.63, 3.8) is 0 Å². The van der Waals surface area contributed by atoms with Gasteiger partial charge >= 0.3 is 0 Å². The second-order valence-electron chi connectivity index (χ2n) is 7.63. The first-order chi connectivity index (χ1) is 15.3. The molecule has 3 aromatic heterocycles. The van der Waals surface area contributed by atoms with Crippen LogP contribution in [-0.2, 0) is 16.1 Å². The minimum Gasteiger partial charge on any atom is -0.378 e. The molecule has 0 spiro atoms. The lowest BCUT2D eigenvalue weighted by Gasteiger charge is -2.39. The van der Waals surface area contributed by atoms with E-state index in [1.807, 2.05) is 30.5 Å². The van der Waals surface area contributed by atoms with E-state index in [1.165, 1.54) is 6.33 Å². The average molecular weight is 420 g/mol. The largest absolute Gasteiger partial charge is 0.378 e. The summed E-state index contributed by atoms with van der Waals surface area (Å²) in [6, 6.07) is 7.70. The minimum atomic E-state index is -0.0522.